The molecule has 3 N–H and O–H groups in total. The van der Waals surface area contributed by atoms with E-state index in [9.17, 15) is 14.6 Å². The van der Waals surface area contributed by atoms with Crippen molar-refractivity contribution in [2.24, 2.45) is 5.73 Å². The molecule has 0 aliphatic carbocycles. The molecular formula is C18H24BNO5. The fourth-order valence-electron chi connectivity index (χ4n) is 3.55. The Morgan fingerprint density at radius 1 is 1.32 bits per heavy atom. The minimum Gasteiger partial charge on any atom is -0.535 e. The van der Waals surface area contributed by atoms with Crippen molar-refractivity contribution >= 4 is 18.7 Å². The second-order valence-electron chi connectivity index (χ2n) is 7.06. The molecule has 1 fully saturated rings. The van der Waals surface area contributed by atoms with E-state index in [0.717, 1.165) is 18.4 Å². The van der Waals surface area contributed by atoms with E-state index < -0.39 is 7.12 Å². The van der Waals surface area contributed by atoms with Crippen LogP contribution in [0.25, 0.3) is 0 Å². The summed E-state index contributed by atoms with van der Waals surface area (Å²) in [6.45, 7) is 1.96. The van der Waals surface area contributed by atoms with Gasteiger partial charge in [-0.1, -0.05) is 12.1 Å². The SMILES string of the molecule is CC(=O)c1cccc2c1OB(O)[C@@H](CC(=O)CC1CCC(N)CO1)C2. The normalized spacial score (nSPS) is 25.9. The van der Waals surface area contributed by atoms with Crippen molar-refractivity contribution < 1.29 is 24.0 Å². The maximum atomic E-state index is 12.4. The van der Waals surface area contributed by atoms with Crippen molar-refractivity contribution in [3.63, 3.8) is 0 Å². The Morgan fingerprint density at radius 3 is 2.80 bits per heavy atom. The molecule has 0 bridgehead atoms. The summed E-state index contributed by atoms with van der Waals surface area (Å²) in [5, 5.41) is 10.3. The molecule has 7 heteroatoms. The highest BCUT2D eigenvalue weighted by atomic mass is 16.5. The van der Waals surface area contributed by atoms with Gasteiger partial charge in [0.15, 0.2) is 5.78 Å². The molecule has 0 radical (unpaired) electrons. The lowest BCUT2D eigenvalue weighted by Crippen LogP contribution is -2.38. The first-order valence-corrected chi connectivity index (χ1v) is 8.80. The third-order valence-electron chi connectivity index (χ3n) is 4.95. The van der Waals surface area contributed by atoms with E-state index in [1.807, 2.05) is 6.07 Å². The highest BCUT2D eigenvalue weighted by Crippen LogP contribution is 2.36. The Morgan fingerprint density at radius 2 is 2.12 bits per heavy atom. The zero-order chi connectivity index (χ0) is 18.0. The van der Waals surface area contributed by atoms with Gasteiger partial charge in [0.2, 0.25) is 0 Å². The Kier molecular flexibility index (Phi) is 5.56. The van der Waals surface area contributed by atoms with Crippen molar-refractivity contribution in [1.29, 1.82) is 0 Å². The number of hydrogen-bond acceptors (Lipinski definition) is 6. The van der Waals surface area contributed by atoms with Gasteiger partial charge in [-0.05, 0) is 37.8 Å². The summed E-state index contributed by atoms with van der Waals surface area (Å²) >= 11 is 0. The van der Waals surface area contributed by atoms with Gasteiger partial charge >= 0.3 is 7.12 Å². The van der Waals surface area contributed by atoms with Gasteiger partial charge in [-0.3, -0.25) is 9.59 Å². The maximum absolute atomic E-state index is 12.4. The van der Waals surface area contributed by atoms with Gasteiger partial charge in [-0.2, -0.15) is 0 Å². The van der Waals surface area contributed by atoms with Crippen LogP contribution in [0.4, 0.5) is 0 Å². The summed E-state index contributed by atoms with van der Waals surface area (Å²) in [5.41, 5.74) is 7.11. The molecule has 2 aliphatic rings. The predicted octanol–water partition coefficient (Wildman–Crippen LogP) is 1.53. The lowest BCUT2D eigenvalue weighted by Gasteiger charge is -2.29. The van der Waals surface area contributed by atoms with Crippen molar-refractivity contribution in [2.75, 3.05) is 6.61 Å². The number of ether oxygens (including phenoxy) is 1. The van der Waals surface area contributed by atoms with Gasteiger partial charge in [-0.25, -0.2) is 0 Å². The third kappa shape index (κ3) is 4.29. The molecule has 0 amide bonds. The summed E-state index contributed by atoms with van der Waals surface area (Å²) < 4.78 is 11.2. The number of hydrogen-bond donors (Lipinski definition) is 2. The molecule has 0 saturated carbocycles. The molecule has 134 valence electrons. The third-order valence-corrected chi connectivity index (χ3v) is 4.95. The number of Topliss-reactive ketones (excluding diaryl/α,β-unsaturated/α-hetero) is 2. The van der Waals surface area contributed by atoms with Crippen LogP contribution in [0.15, 0.2) is 18.2 Å². The van der Waals surface area contributed by atoms with E-state index >= 15 is 0 Å². The molecule has 0 aromatic heterocycles. The molecule has 1 aromatic carbocycles. The van der Waals surface area contributed by atoms with E-state index in [0.29, 0.717) is 30.8 Å². The fourth-order valence-corrected chi connectivity index (χ4v) is 3.55. The van der Waals surface area contributed by atoms with Crippen LogP contribution >= 0.6 is 0 Å². The first-order chi connectivity index (χ1) is 11.9. The smallest absolute Gasteiger partial charge is 0.526 e. The minimum absolute atomic E-state index is 0.0549. The second kappa shape index (κ2) is 7.68. The molecule has 2 aliphatic heterocycles. The topological polar surface area (TPSA) is 98.9 Å². The van der Waals surface area contributed by atoms with Crippen LogP contribution in [0.2, 0.25) is 5.82 Å². The van der Waals surface area contributed by atoms with E-state index in [4.69, 9.17) is 15.1 Å². The average molecular weight is 345 g/mol. The molecular weight excluding hydrogens is 321 g/mol. The van der Waals surface area contributed by atoms with Gasteiger partial charge < -0.3 is 20.1 Å². The molecule has 3 rings (SSSR count). The Hall–Kier alpha value is -1.70. The number of benzene rings is 1. The summed E-state index contributed by atoms with van der Waals surface area (Å²) in [5.74, 6) is 0.0781. The number of carbonyl (C=O) groups excluding carboxylic acids is 2. The Bertz CT molecular complexity index is 657. The molecule has 1 saturated heterocycles. The van der Waals surface area contributed by atoms with Crippen molar-refractivity contribution in [2.45, 2.75) is 57.0 Å². The highest BCUT2D eigenvalue weighted by molar-refractivity contribution is 6.47. The van der Waals surface area contributed by atoms with Gasteiger partial charge in [0.1, 0.15) is 11.5 Å². The predicted molar refractivity (Wildman–Crippen MR) is 93.7 cm³/mol. The van der Waals surface area contributed by atoms with E-state index in [1.54, 1.807) is 12.1 Å². The summed E-state index contributed by atoms with van der Waals surface area (Å²) in [7, 11) is -1.09. The van der Waals surface area contributed by atoms with Crippen LogP contribution in [-0.2, 0) is 16.0 Å². The van der Waals surface area contributed by atoms with Crippen LogP contribution in [0.3, 0.4) is 0 Å². The van der Waals surface area contributed by atoms with E-state index in [1.165, 1.54) is 6.92 Å². The molecule has 6 nitrogen and oxygen atoms in total. The first kappa shape index (κ1) is 18.1. The van der Waals surface area contributed by atoms with Crippen LogP contribution in [0, 0.1) is 0 Å². The van der Waals surface area contributed by atoms with Crippen LogP contribution in [-0.4, -0.2) is 42.5 Å². The monoisotopic (exact) mass is 345 g/mol. The van der Waals surface area contributed by atoms with Gasteiger partial charge in [-0.15, -0.1) is 0 Å². The lowest BCUT2D eigenvalue weighted by atomic mass is 9.64. The highest BCUT2D eigenvalue weighted by Gasteiger charge is 2.37. The molecule has 3 atom stereocenters. The Balaban J connectivity index is 1.61. The quantitative estimate of drug-likeness (QED) is 0.620. The number of rotatable bonds is 5. The summed E-state index contributed by atoms with van der Waals surface area (Å²) in [6, 6.07) is 5.42. The average Bonchev–Trinajstić information content (AvgIpc) is 2.57. The molecule has 2 heterocycles. The lowest BCUT2D eigenvalue weighted by molar-refractivity contribution is -0.123. The van der Waals surface area contributed by atoms with Crippen molar-refractivity contribution in [1.82, 2.24) is 0 Å². The minimum atomic E-state index is -1.09. The van der Waals surface area contributed by atoms with Crippen molar-refractivity contribution in [3.05, 3.63) is 29.3 Å². The fraction of sp³-hybridized carbons (Fsp3) is 0.556. The van der Waals surface area contributed by atoms with Gasteiger partial charge in [0.05, 0.1) is 18.3 Å². The number of fused-ring (bicyclic) bond motifs is 1. The van der Waals surface area contributed by atoms with Gasteiger partial charge in [0.25, 0.3) is 0 Å². The molecule has 1 aromatic rings. The van der Waals surface area contributed by atoms with Crippen LogP contribution in [0.5, 0.6) is 5.75 Å². The standard InChI is InChI=1S/C18H24BNO5/c1-11(21)17-4-2-3-12-7-13(19(23)25-18(12)17)8-15(22)9-16-6-5-14(20)10-24-16/h2-4,13-14,16,23H,5-10,20H2,1H3/t13-,14?,16?/m1/s1. The van der Waals surface area contributed by atoms with Crippen molar-refractivity contribution in [3.8, 4) is 5.75 Å². The second-order valence-corrected chi connectivity index (χ2v) is 7.06. The number of ketones is 2. The van der Waals surface area contributed by atoms with E-state index in [-0.39, 0.29) is 36.0 Å². The van der Waals surface area contributed by atoms with Crippen LogP contribution in [0.1, 0.15) is 48.5 Å². The maximum Gasteiger partial charge on any atom is 0.526 e. The Labute approximate surface area is 147 Å². The number of carbonyl (C=O) groups is 2. The number of para-hydroxylation sites is 1. The zero-order valence-electron chi connectivity index (χ0n) is 14.4. The molecule has 25 heavy (non-hydrogen) atoms. The largest absolute Gasteiger partial charge is 0.535 e. The van der Waals surface area contributed by atoms with E-state index in [2.05, 4.69) is 0 Å². The molecule has 2 unspecified atom stereocenters. The van der Waals surface area contributed by atoms with Gasteiger partial charge in [0, 0.05) is 24.7 Å². The zero-order valence-corrected chi connectivity index (χ0v) is 14.4. The molecule has 0 spiro atoms. The van der Waals surface area contributed by atoms with Crippen LogP contribution < -0.4 is 10.4 Å². The summed E-state index contributed by atoms with van der Waals surface area (Å²) in [6.07, 6.45) is 2.67. The first-order valence-electron chi connectivity index (χ1n) is 8.80. The summed E-state index contributed by atoms with van der Waals surface area (Å²) in [4.78, 5) is 24.1. The number of nitrogens with two attached hydrogens (primary N) is 1.